The van der Waals surface area contributed by atoms with Gasteiger partial charge in [-0.25, -0.2) is 13.1 Å². The highest BCUT2D eigenvalue weighted by atomic mass is 35.5. The molecule has 5 nitrogen and oxygen atoms in total. The van der Waals surface area contributed by atoms with Crippen LogP contribution >= 0.6 is 22.9 Å². The number of benzene rings is 1. The Morgan fingerprint density at radius 1 is 1.35 bits per heavy atom. The molecule has 1 aromatic heterocycles. The van der Waals surface area contributed by atoms with Crippen LogP contribution in [0.2, 0.25) is 5.02 Å². The Balaban J connectivity index is 1.74. The maximum Gasteiger partial charge on any atom is 0.274 e. The number of hydrogen-bond donors (Lipinski definition) is 1. The van der Waals surface area contributed by atoms with Crippen molar-refractivity contribution in [3.63, 3.8) is 0 Å². The highest BCUT2D eigenvalue weighted by Crippen LogP contribution is 2.27. The maximum atomic E-state index is 12.2. The molecule has 0 radical (unpaired) electrons. The van der Waals surface area contributed by atoms with Gasteiger partial charge in [0, 0.05) is 16.3 Å². The van der Waals surface area contributed by atoms with Crippen LogP contribution in [-0.4, -0.2) is 20.9 Å². The zero-order valence-corrected chi connectivity index (χ0v) is 14.4. The smallest absolute Gasteiger partial charge is 0.274 e. The number of nitrogens with one attached hydrogen (secondary N) is 1. The normalized spacial score (nSPS) is 14.3. The van der Waals surface area contributed by atoms with E-state index in [-0.39, 0.29) is 5.75 Å². The second-order valence-corrected chi connectivity index (χ2v) is 8.41. The summed E-state index contributed by atoms with van der Waals surface area (Å²) >= 11 is 7.27. The summed E-state index contributed by atoms with van der Waals surface area (Å²) in [4.78, 5) is 13.7. The quantitative estimate of drug-likeness (QED) is 0.896. The van der Waals surface area contributed by atoms with Gasteiger partial charge in [-0.3, -0.25) is 4.79 Å². The first-order chi connectivity index (χ1) is 10.9. The van der Waals surface area contributed by atoms with Crippen molar-refractivity contribution in [2.45, 2.75) is 18.8 Å². The summed E-state index contributed by atoms with van der Waals surface area (Å²) in [6, 6.07) is 8.34. The summed E-state index contributed by atoms with van der Waals surface area (Å²) in [5, 5.41) is 0.356. The Hall–Kier alpha value is -1.41. The van der Waals surface area contributed by atoms with Crippen molar-refractivity contribution in [3.05, 3.63) is 56.2 Å². The molecule has 1 aromatic carbocycles. The number of halogens is 1. The molecule has 0 saturated heterocycles. The molecule has 1 amide bonds. The first-order valence-corrected chi connectivity index (χ1v) is 9.77. The lowest BCUT2D eigenvalue weighted by molar-refractivity contribution is 0.0984. The summed E-state index contributed by atoms with van der Waals surface area (Å²) in [5.41, 5.74) is 1.41. The van der Waals surface area contributed by atoms with E-state index < -0.39 is 15.9 Å². The number of carbonyl (C=O) groups excluding carboxylic acids is 1. The fourth-order valence-corrected chi connectivity index (χ4v) is 4.82. The molecule has 2 heterocycles. The molecule has 1 aliphatic rings. The Morgan fingerprint density at radius 2 is 2.13 bits per heavy atom. The number of thiophene rings is 1. The highest BCUT2D eigenvalue weighted by molar-refractivity contribution is 7.89. The van der Waals surface area contributed by atoms with Crippen LogP contribution < -0.4 is 4.72 Å². The molecule has 0 spiro atoms. The zero-order valence-electron chi connectivity index (χ0n) is 12.0. The molecule has 8 heteroatoms. The molecule has 1 N–H and O–H groups in total. The van der Waals surface area contributed by atoms with Crippen molar-refractivity contribution < 1.29 is 17.9 Å². The average molecular weight is 372 g/mol. The van der Waals surface area contributed by atoms with Crippen LogP contribution in [0.25, 0.3) is 0 Å². The molecular formula is C15H14ClNO4S2. The molecule has 3 rings (SSSR count). The SMILES string of the molecule is O=C(NS(=O)(=O)Cc1ccccc1Cl)c1cc2c(s1)CCOC2. The third-order valence-electron chi connectivity index (χ3n) is 3.40. The minimum absolute atomic E-state index is 0.341. The average Bonchev–Trinajstić information content (AvgIpc) is 2.93. The number of sulfonamides is 1. The molecule has 0 atom stereocenters. The summed E-state index contributed by atoms with van der Waals surface area (Å²) < 4.78 is 31.8. The Kier molecular flexibility index (Phi) is 4.72. The van der Waals surface area contributed by atoms with E-state index in [1.54, 1.807) is 30.3 Å². The Bertz CT molecular complexity index is 821. The third-order valence-corrected chi connectivity index (χ3v) is 6.20. The predicted octanol–water partition coefficient (Wildman–Crippen LogP) is 2.73. The van der Waals surface area contributed by atoms with Gasteiger partial charge in [0.25, 0.3) is 5.91 Å². The fourth-order valence-electron chi connectivity index (χ4n) is 2.31. The minimum Gasteiger partial charge on any atom is -0.376 e. The molecule has 0 unspecified atom stereocenters. The first-order valence-electron chi connectivity index (χ1n) is 6.92. The highest BCUT2D eigenvalue weighted by Gasteiger charge is 2.22. The summed E-state index contributed by atoms with van der Waals surface area (Å²) in [6.07, 6.45) is 0.750. The first kappa shape index (κ1) is 16.4. The van der Waals surface area contributed by atoms with Crippen molar-refractivity contribution >= 4 is 38.9 Å². The number of amides is 1. The van der Waals surface area contributed by atoms with Gasteiger partial charge in [0.2, 0.25) is 10.0 Å². The minimum atomic E-state index is -3.81. The second-order valence-electron chi connectivity index (χ2n) is 5.14. The molecule has 0 bridgehead atoms. The largest absolute Gasteiger partial charge is 0.376 e. The lowest BCUT2D eigenvalue weighted by atomic mass is 10.2. The molecule has 23 heavy (non-hydrogen) atoms. The third kappa shape index (κ3) is 3.92. The van der Waals surface area contributed by atoms with Crippen molar-refractivity contribution in [1.29, 1.82) is 0 Å². The predicted molar refractivity (Wildman–Crippen MR) is 89.2 cm³/mol. The molecule has 0 aliphatic carbocycles. The van der Waals surface area contributed by atoms with Gasteiger partial charge in [-0.1, -0.05) is 29.8 Å². The monoisotopic (exact) mass is 371 g/mol. The second kappa shape index (κ2) is 6.60. The maximum absolute atomic E-state index is 12.2. The molecule has 2 aromatic rings. The van der Waals surface area contributed by atoms with Crippen LogP contribution in [0.5, 0.6) is 0 Å². The molecular weight excluding hydrogens is 358 g/mol. The topological polar surface area (TPSA) is 72.5 Å². The van der Waals surface area contributed by atoms with E-state index in [9.17, 15) is 13.2 Å². The van der Waals surface area contributed by atoms with Gasteiger partial charge in [0.1, 0.15) is 0 Å². The van der Waals surface area contributed by atoms with E-state index in [1.807, 2.05) is 0 Å². The van der Waals surface area contributed by atoms with Crippen molar-refractivity contribution in [3.8, 4) is 0 Å². The van der Waals surface area contributed by atoms with E-state index in [1.165, 1.54) is 11.3 Å². The number of rotatable bonds is 4. The van der Waals surface area contributed by atoms with Gasteiger partial charge in [-0.2, -0.15) is 0 Å². The van der Waals surface area contributed by atoms with Crippen molar-refractivity contribution in [1.82, 2.24) is 4.72 Å². The van der Waals surface area contributed by atoms with Crippen LogP contribution in [-0.2, 0) is 33.5 Å². The van der Waals surface area contributed by atoms with Gasteiger partial charge in [0.15, 0.2) is 0 Å². The Morgan fingerprint density at radius 3 is 2.87 bits per heavy atom. The van der Waals surface area contributed by atoms with Gasteiger partial charge < -0.3 is 4.74 Å². The number of fused-ring (bicyclic) bond motifs is 1. The van der Waals surface area contributed by atoms with Crippen LogP contribution in [0, 0.1) is 0 Å². The standard InChI is InChI=1S/C15H14ClNO4S2/c16-12-4-2-1-3-10(12)9-23(19,20)17-15(18)14-7-11-8-21-6-5-13(11)22-14/h1-4,7H,5-6,8-9H2,(H,17,18). The summed E-state index contributed by atoms with van der Waals surface area (Å²) in [6.45, 7) is 1.09. The zero-order chi connectivity index (χ0) is 16.4. The van der Waals surface area contributed by atoms with Crippen LogP contribution in [0.1, 0.15) is 25.7 Å². The van der Waals surface area contributed by atoms with E-state index in [4.69, 9.17) is 16.3 Å². The molecule has 0 fully saturated rings. The number of hydrogen-bond acceptors (Lipinski definition) is 5. The van der Waals surface area contributed by atoms with Crippen LogP contribution in [0.4, 0.5) is 0 Å². The van der Waals surface area contributed by atoms with Crippen molar-refractivity contribution in [2.24, 2.45) is 0 Å². The number of carbonyl (C=O) groups is 1. The number of ether oxygens (including phenoxy) is 1. The van der Waals surface area contributed by atoms with E-state index in [0.717, 1.165) is 16.9 Å². The summed E-state index contributed by atoms with van der Waals surface area (Å²) in [7, 11) is -3.81. The molecule has 122 valence electrons. The van der Waals surface area contributed by atoms with E-state index in [0.29, 0.717) is 28.7 Å². The van der Waals surface area contributed by atoms with Gasteiger partial charge >= 0.3 is 0 Å². The van der Waals surface area contributed by atoms with Gasteiger partial charge in [-0.15, -0.1) is 11.3 Å². The molecule has 1 aliphatic heterocycles. The lowest BCUT2D eigenvalue weighted by Crippen LogP contribution is -2.31. The Labute approximate surface area is 143 Å². The lowest BCUT2D eigenvalue weighted by Gasteiger charge is -2.10. The van der Waals surface area contributed by atoms with Crippen LogP contribution in [0.15, 0.2) is 30.3 Å². The molecule has 0 saturated carbocycles. The van der Waals surface area contributed by atoms with E-state index >= 15 is 0 Å². The van der Waals surface area contributed by atoms with Gasteiger partial charge in [0.05, 0.1) is 23.8 Å². The van der Waals surface area contributed by atoms with E-state index in [2.05, 4.69) is 4.72 Å². The van der Waals surface area contributed by atoms with Gasteiger partial charge in [-0.05, 0) is 23.3 Å². The van der Waals surface area contributed by atoms with Crippen molar-refractivity contribution in [2.75, 3.05) is 6.61 Å². The van der Waals surface area contributed by atoms with Crippen LogP contribution in [0.3, 0.4) is 0 Å². The summed E-state index contributed by atoms with van der Waals surface area (Å²) in [5.74, 6) is -0.955. The fraction of sp³-hybridized carbons (Fsp3) is 0.267.